The maximum atomic E-state index is 11.2. The van der Waals surface area contributed by atoms with Crippen LogP contribution in [0.4, 0.5) is 0 Å². The highest BCUT2D eigenvalue weighted by Gasteiger charge is 2.24. The van der Waals surface area contributed by atoms with Crippen LogP contribution in [-0.4, -0.2) is 27.0 Å². The highest BCUT2D eigenvalue weighted by molar-refractivity contribution is 6.29. The molecule has 0 spiro atoms. The average molecular weight is 487 g/mol. The Morgan fingerprint density at radius 2 is 1.66 bits per heavy atom. The van der Waals surface area contributed by atoms with Crippen molar-refractivity contribution in [1.82, 2.24) is 4.98 Å². The van der Waals surface area contributed by atoms with Gasteiger partial charge in [-0.15, -0.1) is 0 Å². The molecule has 0 bridgehead atoms. The summed E-state index contributed by atoms with van der Waals surface area (Å²) in [6.07, 6.45) is 5.92. The molecule has 3 aromatic rings. The van der Waals surface area contributed by atoms with Crippen LogP contribution in [-0.2, 0) is 0 Å². The third-order valence-corrected chi connectivity index (χ3v) is 6.76. The lowest BCUT2D eigenvalue weighted by molar-refractivity contribution is 0.0697. The number of aromatic nitrogens is 1. The SMILES string of the molecule is CC1=C([C@@H](C/C(=N\O)c2ccnc(C)c2)c2ccc(-c3ccc(C(=O)O)cc3)cc2)CCC(Cl)=C1. The zero-order valence-corrected chi connectivity index (χ0v) is 20.5. The van der Waals surface area contributed by atoms with Crippen molar-refractivity contribution in [3.05, 3.63) is 111 Å². The van der Waals surface area contributed by atoms with Crippen LogP contribution >= 0.6 is 11.6 Å². The molecule has 5 nitrogen and oxygen atoms in total. The van der Waals surface area contributed by atoms with Gasteiger partial charge in [-0.1, -0.05) is 64.3 Å². The molecule has 0 aliphatic heterocycles. The van der Waals surface area contributed by atoms with E-state index in [4.69, 9.17) is 16.7 Å². The summed E-state index contributed by atoms with van der Waals surface area (Å²) in [6, 6.07) is 18.9. The fourth-order valence-electron chi connectivity index (χ4n) is 4.59. The molecule has 6 heteroatoms. The van der Waals surface area contributed by atoms with Crippen LogP contribution in [0.15, 0.2) is 94.3 Å². The molecule has 0 saturated carbocycles. The minimum atomic E-state index is -0.939. The van der Waals surface area contributed by atoms with E-state index < -0.39 is 5.97 Å². The zero-order valence-electron chi connectivity index (χ0n) is 19.7. The first kappa shape index (κ1) is 24.4. The molecule has 1 aliphatic carbocycles. The van der Waals surface area contributed by atoms with Gasteiger partial charge in [-0.2, -0.15) is 0 Å². The Labute approximate surface area is 210 Å². The predicted molar refractivity (Wildman–Crippen MR) is 139 cm³/mol. The largest absolute Gasteiger partial charge is 0.478 e. The van der Waals surface area contributed by atoms with E-state index in [1.165, 1.54) is 5.57 Å². The molecule has 0 saturated heterocycles. The van der Waals surface area contributed by atoms with Gasteiger partial charge in [0.05, 0.1) is 11.3 Å². The van der Waals surface area contributed by atoms with E-state index in [0.29, 0.717) is 12.1 Å². The smallest absolute Gasteiger partial charge is 0.335 e. The van der Waals surface area contributed by atoms with Gasteiger partial charge in [-0.3, -0.25) is 4.98 Å². The Morgan fingerprint density at radius 1 is 1.00 bits per heavy atom. The summed E-state index contributed by atoms with van der Waals surface area (Å²) in [7, 11) is 0. The van der Waals surface area contributed by atoms with E-state index in [1.807, 2.05) is 49.4 Å². The molecule has 2 aromatic carbocycles. The van der Waals surface area contributed by atoms with Crippen molar-refractivity contribution >= 4 is 23.3 Å². The molecule has 178 valence electrons. The van der Waals surface area contributed by atoms with E-state index in [2.05, 4.69) is 29.2 Å². The Hall–Kier alpha value is -3.70. The van der Waals surface area contributed by atoms with Crippen molar-refractivity contribution < 1.29 is 15.1 Å². The van der Waals surface area contributed by atoms with Crippen LogP contribution in [0.1, 0.15) is 59.3 Å². The van der Waals surface area contributed by atoms with Crippen molar-refractivity contribution in [1.29, 1.82) is 0 Å². The predicted octanol–water partition coefficient (Wildman–Crippen LogP) is 7.34. The van der Waals surface area contributed by atoms with Gasteiger partial charge < -0.3 is 10.3 Å². The number of halogens is 1. The van der Waals surface area contributed by atoms with Crippen molar-refractivity contribution in [3.63, 3.8) is 0 Å². The summed E-state index contributed by atoms with van der Waals surface area (Å²) in [4.78, 5) is 15.4. The number of benzene rings is 2. The highest BCUT2D eigenvalue weighted by atomic mass is 35.5. The van der Waals surface area contributed by atoms with Gasteiger partial charge in [-0.05, 0) is 73.7 Å². The van der Waals surface area contributed by atoms with Gasteiger partial charge >= 0.3 is 5.97 Å². The van der Waals surface area contributed by atoms with Crippen LogP contribution in [0, 0.1) is 6.92 Å². The lowest BCUT2D eigenvalue weighted by Crippen LogP contribution is -2.14. The van der Waals surface area contributed by atoms with E-state index >= 15 is 0 Å². The quantitative estimate of drug-likeness (QED) is 0.208. The Morgan fingerprint density at radius 3 is 2.23 bits per heavy atom. The molecule has 0 amide bonds. The molecule has 1 heterocycles. The number of carboxylic acids is 1. The van der Waals surface area contributed by atoms with Gasteiger partial charge in [0.25, 0.3) is 0 Å². The van der Waals surface area contributed by atoms with E-state index in [1.54, 1.807) is 18.3 Å². The molecule has 1 aromatic heterocycles. The van der Waals surface area contributed by atoms with E-state index in [9.17, 15) is 10.0 Å². The molecular formula is C29H27ClN2O3. The van der Waals surface area contributed by atoms with Gasteiger partial charge in [0, 0.05) is 34.8 Å². The maximum Gasteiger partial charge on any atom is 0.335 e. The zero-order chi connectivity index (χ0) is 24.9. The second-order valence-corrected chi connectivity index (χ2v) is 9.28. The topological polar surface area (TPSA) is 82.8 Å². The fraction of sp³-hybridized carbons (Fsp3) is 0.207. The van der Waals surface area contributed by atoms with Crippen molar-refractivity contribution in [2.75, 3.05) is 0 Å². The number of pyridine rings is 1. The van der Waals surface area contributed by atoms with E-state index in [-0.39, 0.29) is 11.5 Å². The lowest BCUT2D eigenvalue weighted by atomic mass is 9.79. The van der Waals surface area contributed by atoms with Crippen LogP contribution in [0.25, 0.3) is 11.1 Å². The minimum Gasteiger partial charge on any atom is -0.478 e. The summed E-state index contributed by atoms with van der Waals surface area (Å²) in [5, 5.41) is 23.6. The number of oxime groups is 1. The Kier molecular flexibility index (Phi) is 7.47. The molecule has 0 unspecified atom stereocenters. The van der Waals surface area contributed by atoms with Crippen LogP contribution in [0.3, 0.4) is 0 Å². The average Bonchev–Trinajstić information content (AvgIpc) is 2.86. The first-order valence-corrected chi connectivity index (χ1v) is 11.9. The number of nitrogens with zero attached hydrogens (tertiary/aromatic N) is 2. The first-order chi connectivity index (χ1) is 16.9. The number of hydrogen-bond acceptors (Lipinski definition) is 4. The summed E-state index contributed by atoms with van der Waals surface area (Å²) in [6.45, 7) is 3.99. The van der Waals surface area contributed by atoms with Gasteiger partial charge in [0.2, 0.25) is 0 Å². The summed E-state index contributed by atoms with van der Waals surface area (Å²) < 4.78 is 0. The summed E-state index contributed by atoms with van der Waals surface area (Å²) >= 11 is 6.31. The number of carboxylic acid groups (broad SMARTS) is 1. The fourth-order valence-corrected chi connectivity index (χ4v) is 4.85. The van der Waals surface area contributed by atoms with Crippen LogP contribution in [0.2, 0.25) is 0 Å². The third kappa shape index (κ3) is 5.69. The van der Waals surface area contributed by atoms with Gasteiger partial charge in [-0.25, -0.2) is 4.79 Å². The lowest BCUT2D eigenvalue weighted by Gasteiger charge is -2.26. The number of aryl methyl sites for hydroxylation is 1. The molecule has 0 fully saturated rings. The molecule has 4 rings (SSSR count). The summed E-state index contributed by atoms with van der Waals surface area (Å²) in [5.41, 5.74) is 8.07. The number of allylic oxidation sites excluding steroid dienone is 4. The van der Waals surface area contributed by atoms with Crippen molar-refractivity contribution in [3.8, 4) is 11.1 Å². The number of hydrogen-bond donors (Lipinski definition) is 2. The van der Waals surface area contributed by atoms with Crippen molar-refractivity contribution in [2.45, 2.75) is 39.0 Å². The minimum absolute atomic E-state index is 0.0128. The third-order valence-electron chi connectivity index (χ3n) is 6.46. The monoisotopic (exact) mass is 486 g/mol. The molecule has 35 heavy (non-hydrogen) atoms. The second kappa shape index (κ2) is 10.7. The number of aromatic carboxylic acids is 1. The molecule has 1 aliphatic rings. The second-order valence-electron chi connectivity index (χ2n) is 8.79. The van der Waals surface area contributed by atoms with E-state index in [0.717, 1.165) is 51.4 Å². The van der Waals surface area contributed by atoms with Crippen molar-refractivity contribution in [2.24, 2.45) is 5.16 Å². The van der Waals surface area contributed by atoms with Gasteiger partial charge in [0.1, 0.15) is 0 Å². The molecule has 0 radical (unpaired) electrons. The molecule has 1 atom stereocenters. The number of carbonyl (C=O) groups is 1. The highest BCUT2D eigenvalue weighted by Crippen LogP contribution is 2.39. The van der Waals surface area contributed by atoms with Gasteiger partial charge in [0.15, 0.2) is 0 Å². The number of rotatable bonds is 7. The Balaban J connectivity index is 1.70. The Bertz CT molecular complexity index is 1320. The molecular weight excluding hydrogens is 460 g/mol. The maximum absolute atomic E-state index is 11.2. The normalized spacial score (nSPS) is 15.1. The molecule has 2 N–H and O–H groups in total. The first-order valence-electron chi connectivity index (χ1n) is 11.5. The standard InChI is InChI=1S/C29H27ClN2O3/c1-18-15-25(30)11-12-26(18)27(17-28(32-35)24-13-14-31-19(2)16-24)22-7-3-20(4-8-22)21-5-9-23(10-6-21)29(33)34/h3-10,13-16,27,35H,11-12,17H2,1-2H3,(H,33,34)/b32-28+/t27-/m0/s1. The van der Waals surface area contributed by atoms with Crippen LogP contribution in [0.5, 0.6) is 0 Å². The summed E-state index contributed by atoms with van der Waals surface area (Å²) in [5.74, 6) is -0.926. The van der Waals surface area contributed by atoms with Crippen LogP contribution < -0.4 is 0 Å².